The van der Waals surface area contributed by atoms with Crippen LogP contribution in [0.25, 0.3) is 0 Å². The van der Waals surface area contributed by atoms with Gasteiger partial charge in [0.25, 0.3) is 0 Å². The number of hydrogen-bond donors (Lipinski definition) is 0. The molecular formula is C21H32O4. The molecule has 0 saturated heterocycles. The number of ether oxygens (including phenoxy) is 2. The first kappa shape index (κ1) is 21.2. The Balaban J connectivity index is 2.74. The van der Waals surface area contributed by atoms with Crippen molar-refractivity contribution in [3.63, 3.8) is 0 Å². The largest absolute Gasteiger partial charge is 0.462 e. The highest BCUT2D eigenvalue weighted by atomic mass is 16.5. The Morgan fingerprint density at radius 1 is 1.00 bits per heavy atom. The summed E-state index contributed by atoms with van der Waals surface area (Å²) < 4.78 is 10.8. The van der Waals surface area contributed by atoms with Gasteiger partial charge < -0.3 is 9.47 Å². The summed E-state index contributed by atoms with van der Waals surface area (Å²) in [6.45, 7) is 10.9. The van der Waals surface area contributed by atoms with Crippen molar-refractivity contribution in [3.8, 4) is 0 Å². The van der Waals surface area contributed by atoms with Crippen LogP contribution in [-0.4, -0.2) is 25.2 Å². The fraction of sp³-hybridized carbons (Fsp3) is 0.619. The van der Waals surface area contributed by atoms with E-state index in [1.165, 1.54) is 0 Å². The summed E-state index contributed by atoms with van der Waals surface area (Å²) in [5.41, 5.74) is 0.406. The lowest BCUT2D eigenvalue weighted by atomic mass is 9.98. The van der Waals surface area contributed by atoms with Gasteiger partial charge in [-0.25, -0.2) is 9.59 Å². The molecular weight excluding hydrogens is 316 g/mol. The van der Waals surface area contributed by atoms with Gasteiger partial charge >= 0.3 is 11.9 Å². The minimum absolute atomic E-state index is 0.126. The number of benzene rings is 1. The van der Waals surface area contributed by atoms with Crippen LogP contribution in [0.4, 0.5) is 0 Å². The average molecular weight is 348 g/mol. The van der Waals surface area contributed by atoms with Crippen molar-refractivity contribution < 1.29 is 19.1 Å². The van der Waals surface area contributed by atoms with E-state index in [2.05, 4.69) is 13.8 Å². The molecule has 1 unspecified atom stereocenters. The summed E-state index contributed by atoms with van der Waals surface area (Å²) >= 11 is 0. The summed E-state index contributed by atoms with van der Waals surface area (Å²) in [7, 11) is 0. The van der Waals surface area contributed by atoms with Crippen LogP contribution in [-0.2, 0) is 9.47 Å². The van der Waals surface area contributed by atoms with E-state index in [4.69, 9.17) is 9.47 Å². The maximum absolute atomic E-state index is 12.4. The molecule has 0 bridgehead atoms. The lowest BCUT2D eigenvalue weighted by Crippen LogP contribution is -2.21. The Kier molecular flexibility index (Phi) is 8.67. The van der Waals surface area contributed by atoms with Crippen molar-refractivity contribution >= 4 is 11.9 Å². The zero-order valence-electron chi connectivity index (χ0n) is 16.3. The van der Waals surface area contributed by atoms with Crippen LogP contribution < -0.4 is 0 Å². The molecule has 1 aromatic carbocycles. The zero-order valence-corrected chi connectivity index (χ0v) is 16.3. The van der Waals surface area contributed by atoms with Crippen molar-refractivity contribution in [1.82, 2.24) is 0 Å². The van der Waals surface area contributed by atoms with E-state index in [0.717, 1.165) is 25.7 Å². The first-order valence-electron chi connectivity index (χ1n) is 9.21. The van der Waals surface area contributed by atoms with E-state index in [1.54, 1.807) is 24.3 Å². The second-order valence-corrected chi connectivity index (χ2v) is 7.70. The van der Waals surface area contributed by atoms with Crippen molar-refractivity contribution in [3.05, 3.63) is 35.4 Å². The molecule has 4 heteroatoms. The summed E-state index contributed by atoms with van der Waals surface area (Å²) in [6.07, 6.45) is 4.29. The molecule has 0 fully saturated rings. The van der Waals surface area contributed by atoms with Crippen LogP contribution in [0.1, 0.15) is 81.0 Å². The third-order valence-corrected chi connectivity index (χ3v) is 4.00. The predicted molar refractivity (Wildman–Crippen MR) is 99.8 cm³/mol. The molecule has 4 nitrogen and oxygen atoms in total. The molecule has 0 radical (unpaired) electrons. The van der Waals surface area contributed by atoms with E-state index in [9.17, 15) is 9.59 Å². The van der Waals surface area contributed by atoms with Crippen LogP contribution >= 0.6 is 0 Å². The summed E-state index contributed by atoms with van der Waals surface area (Å²) in [5, 5.41) is 0. The van der Waals surface area contributed by atoms with Crippen molar-refractivity contribution in [2.75, 3.05) is 13.2 Å². The van der Waals surface area contributed by atoms with Crippen LogP contribution in [0.15, 0.2) is 24.3 Å². The van der Waals surface area contributed by atoms with Crippen molar-refractivity contribution in [2.45, 2.75) is 60.3 Å². The number of esters is 2. The average Bonchev–Trinajstić information content (AvgIpc) is 2.59. The van der Waals surface area contributed by atoms with Gasteiger partial charge in [-0.3, -0.25) is 0 Å². The van der Waals surface area contributed by atoms with Crippen molar-refractivity contribution in [1.29, 1.82) is 0 Å². The fourth-order valence-electron chi connectivity index (χ4n) is 2.37. The Morgan fingerprint density at radius 2 is 1.56 bits per heavy atom. The summed E-state index contributed by atoms with van der Waals surface area (Å²) in [4.78, 5) is 24.8. The van der Waals surface area contributed by atoms with Gasteiger partial charge in [0.05, 0.1) is 24.3 Å². The number of unbranched alkanes of at least 4 members (excludes halogenated alkanes) is 1. The predicted octanol–water partition coefficient (Wildman–Crippen LogP) is 5.26. The summed E-state index contributed by atoms with van der Waals surface area (Å²) in [6, 6.07) is 6.67. The third kappa shape index (κ3) is 7.72. The van der Waals surface area contributed by atoms with Crippen LogP contribution in [0.2, 0.25) is 0 Å². The molecule has 0 aliphatic rings. The second-order valence-electron chi connectivity index (χ2n) is 7.70. The number of hydrogen-bond acceptors (Lipinski definition) is 4. The number of carbonyl (C=O) groups is 2. The molecule has 140 valence electrons. The molecule has 0 aliphatic carbocycles. The number of rotatable bonds is 9. The Hall–Kier alpha value is -1.84. The van der Waals surface area contributed by atoms with E-state index < -0.39 is 11.9 Å². The quantitative estimate of drug-likeness (QED) is 0.571. The lowest BCUT2D eigenvalue weighted by Gasteiger charge is -2.18. The molecule has 1 atom stereocenters. The third-order valence-electron chi connectivity index (χ3n) is 4.00. The SMILES string of the molecule is CCCCC(CC)COC(=O)c1ccccc1C(=O)OCC(C)(C)C. The highest BCUT2D eigenvalue weighted by molar-refractivity contribution is 6.03. The smallest absolute Gasteiger partial charge is 0.339 e. The minimum Gasteiger partial charge on any atom is -0.462 e. The van der Waals surface area contributed by atoms with E-state index in [0.29, 0.717) is 19.1 Å². The van der Waals surface area contributed by atoms with Gasteiger partial charge in [0, 0.05) is 0 Å². The molecule has 0 aromatic heterocycles. The van der Waals surface area contributed by atoms with Crippen molar-refractivity contribution in [2.24, 2.45) is 11.3 Å². The molecule has 1 rings (SSSR count). The molecule has 0 saturated carbocycles. The molecule has 0 aliphatic heterocycles. The molecule has 25 heavy (non-hydrogen) atoms. The Morgan fingerprint density at radius 3 is 2.04 bits per heavy atom. The Bertz CT molecular complexity index is 557. The van der Waals surface area contributed by atoms with Gasteiger partial charge in [-0.05, 0) is 29.9 Å². The monoisotopic (exact) mass is 348 g/mol. The molecule has 0 amide bonds. The van der Waals surface area contributed by atoms with Gasteiger partial charge in [0.1, 0.15) is 0 Å². The molecule has 1 aromatic rings. The fourth-order valence-corrected chi connectivity index (χ4v) is 2.37. The molecule has 0 heterocycles. The summed E-state index contributed by atoms with van der Waals surface area (Å²) in [5.74, 6) is -0.581. The lowest BCUT2D eigenvalue weighted by molar-refractivity contribution is 0.0343. The van der Waals surface area contributed by atoms with E-state index >= 15 is 0 Å². The highest BCUT2D eigenvalue weighted by Crippen LogP contribution is 2.18. The second kappa shape index (κ2) is 10.2. The van der Waals surface area contributed by atoms with Gasteiger partial charge in [-0.1, -0.05) is 66.0 Å². The first-order chi connectivity index (χ1) is 11.8. The minimum atomic E-state index is -0.486. The van der Waals surface area contributed by atoms with Crippen LogP contribution in [0, 0.1) is 11.3 Å². The highest BCUT2D eigenvalue weighted by Gasteiger charge is 2.21. The topological polar surface area (TPSA) is 52.6 Å². The van der Waals surface area contributed by atoms with Crippen LogP contribution in [0.3, 0.4) is 0 Å². The van der Waals surface area contributed by atoms with Gasteiger partial charge in [0.2, 0.25) is 0 Å². The van der Waals surface area contributed by atoms with Gasteiger partial charge in [0.15, 0.2) is 0 Å². The first-order valence-corrected chi connectivity index (χ1v) is 9.21. The normalized spacial score (nSPS) is 12.5. The van der Waals surface area contributed by atoms with E-state index in [-0.39, 0.29) is 16.5 Å². The number of carbonyl (C=O) groups excluding carboxylic acids is 2. The van der Waals surface area contributed by atoms with Crippen LogP contribution in [0.5, 0.6) is 0 Å². The molecule has 0 N–H and O–H groups in total. The maximum Gasteiger partial charge on any atom is 0.339 e. The maximum atomic E-state index is 12.4. The van der Waals surface area contributed by atoms with Gasteiger partial charge in [-0.15, -0.1) is 0 Å². The molecule has 0 spiro atoms. The van der Waals surface area contributed by atoms with E-state index in [1.807, 2.05) is 20.8 Å². The standard InChI is InChI=1S/C21H32O4/c1-6-8-11-16(7-2)14-24-19(22)17-12-9-10-13-18(17)20(23)25-15-21(3,4)5/h9-10,12-13,16H,6-8,11,14-15H2,1-5H3. The van der Waals surface area contributed by atoms with Gasteiger partial charge in [-0.2, -0.15) is 0 Å². The zero-order chi connectivity index (χ0) is 18.9. The Labute approximate surface area is 151 Å².